The van der Waals surface area contributed by atoms with E-state index in [4.69, 9.17) is 21.7 Å². The van der Waals surface area contributed by atoms with Crippen molar-refractivity contribution in [3.63, 3.8) is 0 Å². The van der Waals surface area contributed by atoms with E-state index in [1.54, 1.807) is 36.4 Å². The average Bonchev–Trinajstić information content (AvgIpc) is 2.85. The van der Waals surface area contributed by atoms with Crippen LogP contribution in [0.1, 0.15) is 31.7 Å². The summed E-state index contributed by atoms with van der Waals surface area (Å²) in [7, 11) is 0. The van der Waals surface area contributed by atoms with E-state index in [-0.39, 0.29) is 40.9 Å². The van der Waals surface area contributed by atoms with Gasteiger partial charge in [-0.05, 0) is 43.5 Å². The highest BCUT2D eigenvalue weighted by molar-refractivity contribution is 6.34. The molecule has 1 aromatic heterocycles. The third-order valence-electron chi connectivity index (χ3n) is 6.72. The van der Waals surface area contributed by atoms with Crippen LogP contribution in [0.2, 0.25) is 5.02 Å². The number of fused-ring (bicyclic) bond motifs is 1. The van der Waals surface area contributed by atoms with Gasteiger partial charge in [0, 0.05) is 24.6 Å². The zero-order chi connectivity index (χ0) is 26.2. The predicted molar refractivity (Wildman–Crippen MR) is 137 cm³/mol. The molecule has 3 aromatic rings. The second-order valence-corrected chi connectivity index (χ2v) is 9.67. The zero-order valence-corrected chi connectivity index (χ0v) is 20.8. The summed E-state index contributed by atoms with van der Waals surface area (Å²) in [5.74, 6) is -0.411. The van der Waals surface area contributed by atoms with Gasteiger partial charge in [0.05, 0.1) is 28.2 Å². The molecule has 2 fully saturated rings. The van der Waals surface area contributed by atoms with Gasteiger partial charge < -0.3 is 20.1 Å². The second-order valence-electron chi connectivity index (χ2n) is 9.29. The summed E-state index contributed by atoms with van der Waals surface area (Å²) in [6.07, 6.45) is 1.44. The van der Waals surface area contributed by atoms with Gasteiger partial charge in [-0.1, -0.05) is 41.9 Å². The Labute approximate surface area is 217 Å². The van der Waals surface area contributed by atoms with E-state index >= 15 is 0 Å². The molecule has 0 bridgehead atoms. The van der Waals surface area contributed by atoms with E-state index < -0.39 is 12.2 Å². The largest absolute Gasteiger partial charge is 0.415 e. The van der Waals surface area contributed by atoms with Gasteiger partial charge >= 0.3 is 6.61 Å². The minimum atomic E-state index is -3.06. The lowest BCUT2D eigenvalue weighted by atomic mass is 9.85. The number of ether oxygens (including phenoxy) is 2. The van der Waals surface area contributed by atoms with Crippen molar-refractivity contribution in [1.29, 1.82) is 5.41 Å². The molecule has 194 valence electrons. The number of benzene rings is 2. The maximum absolute atomic E-state index is 13.2. The highest BCUT2D eigenvalue weighted by atomic mass is 35.5. The van der Waals surface area contributed by atoms with Crippen LogP contribution in [0.3, 0.4) is 0 Å². The number of rotatable bonds is 6. The monoisotopic (exact) mass is 529 g/mol. The molecule has 2 aromatic carbocycles. The minimum absolute atomic E-state index is 0.0198. The van der Waals surface area contributed by atoms with Crippen LogP contribution in [0.15, 0.2) is 48.5 Å². The van der Waals surface area contributed by atoms with Gasteiger partial charge in [0.15, 0.2) is 5.96 Å². The molecule has 2 saturated heterocycles. The molecule has 2 aliphatic heterocycles. The number of nitrogens with one attached hydrogen (secondary N) is 3. The fourth-order valence-corrected chi connectivity index (χ4v) is 5.31. The van der Waals surface area contributed by atoms with Gasteiger partial charge in [0.25, 0.3) is 0 Å². The van der Waals surface area contributed by atoms with Crippen molar-refractivity contribution in [3.8, 4) is 5.88 Å². The lowest BCUT2D eigenvalue weighted by Crippen LogP contribution is -2.62. The first-order valence-corrected chi connectivity index (χ1v) is 12.3. The summed E-state index contributed by atoms with van der Waals surface area (Å²) in [5, 5.41) is 15.9. The number of guanidine groups is 1. The van der Waals surface area contributed by atoms with Gasteiger partial charge in [-0.2, -0.15) is 8.78 Å². The number of amides is 1. The van der Waals surface area contributed by atoms with Crippen molar-refractivity contribution in [1.82, 2.24) is 15.2 Å². The van der Waals surface area contributed by atoms with Crippen LogP contribution in [0.4, 0.5) is 20.2 Å². The molecule has 0 spiro atoms. The van der Waals surface area contributed by atoms with Crippen molar-refractivity contribution >= 4 is 45.7 Å². The molecule has 0 unspecified atom stereocenters. The molecule has 3 heterocycles. The Kier molecular flexibility index (Phi) is 6.87. The number of carbonyl (C=O) groups is 1. The lowest BCUT2D eigenvalue weighted by Gasteiger charge is -2.45. The van der Waals surface area contributed by atoms with Crippen LogP contribution in [0.25, 0.3) is 10.9 Å². The fourth-order valence-electron chi connectivity index (χ4n) is 4.93. The molecule has 37 heavy (non-hydrogen) atoms. The molecule has 2 aliphatic rings. The molecular weight excluding hydrogens is 504 g/mol. The van der Waals surface area contributed by atoms with Crippen LogP contribution in [0, 0.1) is 5.41 Å². The molecule has 8 nitrogen and oxygen atoms in total. The van der Waals surface area contributed by atoms with E-state index in [0.717, 1.165) is 5.39 Å². The Balaban J connectivity index is 1.45. The number of alkyl halides is 2. The van der Waals surface area contributed by atoms with Crippen molar-refractivity contribution in [2.45, 2.75) is 44.4 Å². The number of aromatic nitrogens is 1. The molecule has 1 atom stereocenters. The van der Waals surface area contributed by atoms with Crippen LogP contribution in [0.5, 0.6) is 5.88 Å². The van der Waals surface area contributed by atoms with Crippen LogP contribution in [-0.4, -0.2) is 47.6 Å². The first-order valence-electron chi connectivity index (χ1n) is 11.9. The maximum atomic E-state index is 13.2. The Hall–Kier alpha value is -3.50. The molecule has 0 aliphatic carbocycles. The molecule has 5 rings (SSSR count). The second kappa shape index (κ2) is 10.1. The zero-order valence-electron chi connectivity index (χ0n) is 20.1. The summed E-state index contributed by atoms with van der Waals surface area (Å²) >= 11 is 6.81. The van der Waals surface area contributed by atoms with Crippen molar-refractivity contribution in [2.75, 3.05) is 18.5 Å². The predicted octanol–water partition coefficient (Wildman–Crippen LogP) is 5.38. The first-order chi connectivity index (χ1) is 17.7. The van der Waals surface area contributed by atoms with Crippen LogP contribution in [-0.2, 0) is 15.1 Å². The van der Waals surface area contributed by atoms with Gasteiger partial charge in [-0.3, -0.25) is 15.1 Å². The Morgan fingerprint density at radius 1 is 1.22 bits per heavy atom. The topological polar surface area (TPSA) is 99.6 Å². The molecule has 3 N–H and O–H groups in total. The maximum Gasteiger partial charge on any atom is 0.388 e. The van der Waals surface area contributed by atoms with Crippen LogP contribution < -0.4 is 15.4 Å². The van der Waals surface area contributed by atoms with E-state index in [9.17, 15) is 13.6 Å². The number of pyridine rings is 1. The minimum Gasteiger partial charge on any atom is -0.415 e. The number of nitrogens with zero attached hydrogens (tertiary/aromatic N) is 2. The number of para-hydroxylation sites is 1. The number of carbonyl (C=O) groups excluding carboxylic acids is 1. The molecule has 0 radical (unpaired) electrons. The number of halogens is 3. The molecule has 0 saturated carbocycles. The van der Waals surface area contributed by atoms with E-state index in [2.05, 4.69) is 20.4 Å². The van der Waals surface area contributed by atoms with Crippen molar-refractivity contribution in [3.05, 3.63) is 59.1 Å². The lowest BCUT2D eigenvalue weighted by molar-refractivity contribution is -0.133. The third-order valence-corrected chi connectivity index (χ3v) is 7.12. The Morgan fingerprint density at radius 3 is 2.70 bits per heavy atom. The fraction of sp³-hybridized carbons (Fsp3) is 0.346. The van der Waals surface area contributed by atoms with E-state index in [0.29, 0.717) is 42.8 Å². The van der Waals surface area contributed by atoms with Crippen LogP contribution >= 0.6 is 11.6 Å². The quantitative estimate of drug-likeness (QED) is 0.396. The highest BCUT2D eigenvalue weighted by Crippen LogP contribution is 2.40. The Morgan fingerprint density at radius 2 is 1.97 bits per heavy atom. The van der Waals surface area contributed by atoms with Gasteiger partial charge in [0.1, 0.15) is 5.69 Å². The molecule has 11 heteroatoms. The van der Waals surface area contributed by atoms with Gasteiger partial charge in [-0.25, -0.2) is 4.98 Å². The number of hydrogen-bond donors (Lipinski definition) is 3. The summed E-state index contributed by atoms with van der Waals surface area (Å²) in [4.78, 5) is 18.9. The summed E-state index contributed by atoms with van der Waals surface area (Å²) in [6, 6.07) is 13.9. The number of hydrogen-bond acceptors (Lipinski definition) is 6. The summed E-state index contributed by atoms with van der Waals surface area (Å²) in [5.41, 5.74) is 0.787. The third kappa shape index (κ3) is 5.03. The first kappa shape index (κ1) is 25.2. The van der Waals surface area contributed by atoms with Gasteiger partial charge in [0.2, 0.25) is 11.8 Å². The SMILES string of the molecule is C[C@@]1(c2cccc(Nc3cc4ccccc4nc3OC(F)F)c2Cl)CC(=O)N(C2CCOCC2)C(=N)N1. The van der Waals surface area contributed by atoms with E-state index in [1.807, 2.05) is 19.1 Å². The standard InChI is InChI=1S/C26H26ClF2N5O3/c1-26(14-21(35)34(25(30)33-26)16-9-11-36-12-10-16)17-6-4-8-19(22(17)27)31-20-13-15-5-2-3-7-18(15)32-23(20)37-24(28)29/h2-8,13,16,24,31H,9-12,14H2,1H3,(H2,30,33)/t26-/m0/s1. The number of anilines is 2. The van der Waals surface area contributed by atoms with E-state index in [1.165, 1.54) is 4.90 Å². The van der Waals surface area contributed by atoms with Crippen molar-refractivity contribution < 1.29 is 23.0 Å². The average molecular weight is 530 g/mol. The normalized spacial score (nSPS) is 20.8. The Bertz CT molecular complexity index is 1330. The molecular formula is C26H26ClF2N5O3. The smallest absolute Gasteiger partial charge is 0.388 e. The van der Waals surface area contributed by atoms with Crippen molar-refractivity contribution in [2.24, 2.45) is 0 Å². The summed E-state index contributed by atoms with van der Waals surface area (Å²) < 4.78 is 36.3. The molecule has 1 amide bonds. The van der Waals surface area contributed by atoms with Gasteiger partial charge in [-0.15, -0.1) is 0 Å². The highest BCUT2D eigenvalue weighted by Gasteiger charge is 2.43. The summed E-state index contributed by atoms with van der Waals surface area (Å²) in [6.45, 7) is -0.134.